The van der Waals surface area contributed by atoms with Crippen LogP contribution in [-0.2, 0) is 35.0 Å². The molecule has 2 aromatic rings. The number of allylic oxidation sites excluding steroid dienone is 3. The van der Waals surface area contributed by atoms with Crippen LogP contribution in [0, 0.1) is 23.2 Å². The molecule has 270 valence electrons. The molecule has 51 heavy (non-hydrogen) atoms. The van der Waals surface area contributed by atoms with E-state index in [4.69, 9.17) is 42.5 Å². The van der Waals surface area contributed by atoms with Crippen LogP contribution in [0.5, 0.6) is 0 Å². The van der Waals surface area contributed by atoms with Gasteiger partial charge in [-0.3, -0.25) is 14.5 Å². The molecule has 5 fully saturated rings. The van der Waals surface area contributed by atoms with Crippen molar-refractivity contribution >= 4 is 52.5 Å². The van der Waals surface area contributed by atoms with Crippen molar-refractivity contribution in [1.29, 1.82) is 0 Å². The van der Waals surface area contributed by atoms with Crippen molar-refractivity contribution in [3.63, 3.8) is 0 Å². The second-order valence-electron chi connectivity index (χ2n) is 14.8. The Morgan fingerprint density at radius 2 is 1.80 bits per heavy atom. The Bertz CT molecular complexity index is 1810. The van der Waals surface area contributed by atoms with Gasteiger partial charge in [0.05, 0.1) is 39.6 Å². The highest BCUT2D eigenvalue weighted by Gasteiger charge is 2.77. The average Bonchev–Trinajstić information content (AvgIpc) is 3.83. The topological polar surface area (TPSA) is 155 Å². The number of nitrogens with zero attached hydrogens (tertiary/aromatic N) is 1. The smallest absolute Gasteiger partial charge is 0.333 e. The van der Waals surface area contributed by atoms with E-state index in [1.165, 1.54) is 12.8 Å². The molecule has 0 amide bonds. The van der Waals surface area contributed by atoms with Gasteiger partial charge in [0.2, 0.25) is 0 Å². The normalized spacial score (nSPS) is 32.4. The molecule has 6 aliphatic rings. The lowest BCUT2D eigenvalue weighted by molar-refractivity contribution is -0.270. The second kappa shape index (κ2) is 13.1. The molecule has 7 unspecified atom stereocenters. The molecule has 11 nitrogen and oxygen atoms in total. The van der Waals surface area contributed by atoms with Crippen molar-refractivity contribution in [1.82, 2.24) is 4.90 Å². The number of aliphatic hydroxyl groups excluding tert-OH is 1. The number of hydrogen-bond donors (Lipinski definition) is 4. The minimum atomic E-state index is -1.89. The Balaban J connectivity index is 1.09. The summed E-state index contributed by atoms with van der Waals surface area (Å²) in [6.45, 7) is 1.68. The lowest BCUT2D eigenvalue weighted by Gasteiger charge is -2.66. The summed E-state index contributed by atoms with van der Waals surface area (Å²) in [6, 6.07) is 12.4. The zero-order valence-electron chi connectivity index (χ0n) is 27.8. The summed E-state index contributed by atoms with van der Waals surface area (Å²) in [6.07, 6.45) is 3.99. The SMILES string of the molecule is O=C(Cc1ccccc1Nc1c(Cl)cccc1Cl)OC1=C2OC3C(OC(=O)CC(O)C(=O)O)CC[C@@]4(O)C5CC(C=C1)C2C34CCN5CC1CC1. The largest absolute Gasteiger partial charge is 0.486 e. The Labute approximate surface area is 305 Å². The highest BCUT2D eigenvalue weighted by atomic mass is 35.5. The maximum atomic E-state index is 13.7. The number of rotatable bonds is 11. The van der Waals surface area contributed by atoms with Crippen LogP contribution < -0.4 is 5.32 Å². The average molecular weight is 740 g/mol. The van der Waals surface area contributed by atoms with E-state index in [0.717, 1.165) is 13.1 Å². The number of piperidine rings is 1. The minimum absolute atomic E-state index is 0.00619. The van der Waals surface area contributed by atoms with Crippen LogP contribution in [0.25, 0.3) is 0 Å². The van der Waals surface area contributed by atoms with Crippen LogP contribution in [-0.4, -0.2) is 81.2 Å². The third-order valence-electron chi connectivity index (χ3n) is 11.9. The van der Waals surface area contributed by atoms with Crippen LogP contribution >= 0.6 is 23.2 Å². The van der Waals surface area contributed by atoms with Crippen molar-refractivity contribution in [2.24, 2.45) is 23.2 Å². The zero-order valence-corrected chi connectivity index (χ0v) is 29.3. The van der Waals surface area contributed by atoms with Gasteiger partial charge < -0.3 is 34.8 Å². The van der Waals surface area contributed by atoms with E-state index in [2.05, 4.69) is 16.3 Å². The van der Waals surface area contributed by atoms with E-state index in [9.17, 15) is 24.6 Å². The van der Waals surface area contributed by atoms with Crippen LogP contribution in [0.3, 0.4) is 0 Å². The molecule has 0 radical (unpaired) electrons. The molecule has 13 heteroatoms. The first-order valence-electron chi connectivity index (χ1n) is 17.6. The van der Waals surface area contributed by atoms with Crippen molar-refractivity contribution in [2.45, 2.75) is 81.3 Å². The fourth-order valence-corrected chi connectivity index (χ4v) is 10.1. The van der Waals surface area contributed by atoms with Gasteiger partial charge in [0.25, 0.3) is 0 Å². The number of aliphatic hydroxyl groups is 2. The number of carboxylic acids is 1. The lowest BCUT2D eigenvalue weighted by atomic mass is 9.44. The van der Waals surface area contributed by atoms with Gasteiger partial charge in [-0.05, 0) is 86.7 Å². The molecule has 8 rings (SSSR count). The van der Waals surface area contributed by atoms with E-state index in [1.54, 1.807) is 24.3 Å². The predicted octanol–water partition coefficient (Wildman–Crippen LogP) is 5.38. The number of nitrogens with one attached hydrogen (secondary N) is 1. The molecule has 2 bridgehead atoms. The summed E-state index contributed by atoms with van der Waals surface area (Å²) in [5.74, 6) is -1.84. The number of benzene rings is 2. The summed E-state index contributed by atoms with van der Waals surface area (Å²) in [5, 5.41) is 36.0. The van der Waals surface area contributed by atoms with Crippen LogP contribution in [0.2, 0.25) is 10.0 Å². The molecule has 2 aromatic carbocycles. The fourth-order valence-electron chi connectivity index (χ4n) is 9.56. The first-order chi connectivity index (χ1) is 24.5. The number of carbonyl (C=O) groups is 3. The van der Waals surface area contributed by atoms with Gasteiger partial charge >= 0.3 is 17.9 Å². The standard InChI is InChI=1S/C38H40Cl2N2O9/c39-23-5-3-6-24(40)33(23)41-25-7-2-1-4-21(25)17-30(44)49-27-11-10-22-16-29-38(48)13-12-28(50-31(45)18-26(43)36(46)47)35-37(38,32(22)34(27)51-35)14-15-42(29)19-20-8-9-20/h1-7,10-11,20,22,26,28-29,32,35,41,43,48H,8-9,12-19H2,(H,46,47)/t22?,26?,28?,29?,32?,35?,37?,38-/m1/s1. The molecule has 8 atom stereocenters. The number of likely N-dealkylation sites (tertiary alicyclic amines) is 1. The van der Waals surface area contributed by atoms with Crippen LogP contribution in [0.4, 0.5) is 11.4 Å². The quantitative estimate of drug-likeness (QED) is 0.220. The summed E-state index contributed by atoms with van der Waals surface area (Å²) < 4.78 is 18.7. The van der Waals surface area contributed by atoms with Crippen molar-refractivity contribution in [3.05, 3.63) is 81.7 Å². The van der Waals surface area contributed by atoms with Crippen molar-refractivity contribution < 1.29 is 43.9 Å². The van der Waals surface area contributed by atoms with Gasteiger partial charge in [-0.15, -0.1) is 0 Å². The first kappa shape index (κ1) is 34.5. The Morgan fingerprint density at radius 1 is 1.04 bits per heavy atom. The maximum Gasteiger partial charge on any atom is 0.333 e. The van der Waals surface area contributed by atoms with Crippen LogP contribution in [0.15, 0.2) is 66.1 Å². The lowest BCUT2D eigenvalue weighted by Crippen LogP contribution is -2.77. The Morgan fingerprint density at radius 3 is 2.55 bits per heavy atom. The molecule has 1 spiro atoms. The minimum Gasteiger partial charge on any atom is -0.486 e. The highest BCUT2D eigenvalue weighted by molar-refractivity contribution is 6.39. The van der Waals surface area contributed by atoms with Gasteiger partial charge in [0, 0.05) is 24.2 Å². The summed E-state index contributed by atoms with van der Waals surface area (Å²) >= 11 is 12.8. The van der Waals surface area contributed by atoms with E-state index in [0.29, 0.717) is 64.3 Å². The van der Waals surface area contributed by atoms with Crippen molar-refractivity contribution in [2.75, 3.05) is 18.4 Å². The first-order valence-corrected chi connectivity index (χ1v) is 18.4. The number of carboxylic acid groups (broad SMARTS) is 1. The number of para-hydroxylation sites is 2. The Hall–Kier alpha value is -3.61. The van der Waals surface area contributed by atoms with Gasteiger partial charge in [-0.2, -0.15) is 0 Å². The second-order valence-corrected chi connectivity index (χ2v) is 15.6. The van der Waals surface area contributed by atoms with Gasteiger partial charge in [-0.1, -0.05) is 53.5 Å². The summed E-state index contributed by atoms with van der Waals surface area (Å²) in [7, 11) is 0. The summed E-state index contributed by atoms with van der Waals surface area (Å²) in [5.41, 5.74) is -0.162. The number of aliphatic carboxylic acids is 1. The number of carbonyl (C=O) groups excluding carboxylic acids is 2. The molecule has 4 aliphatic carbocycles. The van der Waals surface area contributed by atoms with E-state index >= 15 is 0 Å². The third kappa shape index (κ3) is 5.91. The summed E-state index contributed by atoms with van der Waals surface area (Å²) in [4.78, 5) is 40.2. The van der Waals surface area contributed by atoms with Gasteiger partial charge in [-0.25, -0.2) is 4.79 Å². The molecule has 2 saturated heterocycles. The monoisotopic (exact) mass is 738 g/mol. The third-order valence-corrected chi connectivity index (χ3v) is 12.6. The molecule has 4 N–H and O–H groups in total. The van der Waals surface area contributed by atoms with Crippen LogP contribution in [0.1, 0.15) is 50.5 Å². The van der Waals surface area contributed by atoms with Gasteiger partial charge in [0.15, 0.2) is 11.9 Å². The Kier molecular flexibility index (Phi) is 8.86. The van der Waals surface area contributed by atoms with Gasteiger partial charge in [0.1, 0.15) is 18.0 Å². The molecular weight excluding hydrogens is 699 g/mol. The predicted molar refractivity (Wildman–Crippen MR) is 186 cm³/mol. The molecule has 0 aromatic heterocycles. The van der Waals surface area contributed by atoms with E-state index in [1.807, 2.05) is 24.3 Å². The highest BCUT2D eigenvalue weighted by Crippen LogP contribution is 2.70. The number of anilines is 2. The molecule has 2 aliphatic heterocycles. The number of esters is 2. The molecule has 2 heterocycles. The fraction of sp³-hybridized carbons (Fsp3) is 0.500. The maximum absolute atomic E-state index is 13.7. The van der Waals surface area contributed by atoms with E-state index < -0.39 is 53.7 Å². The molecule has 3 saturated carbocycles. The number of ether oxygens (including phenoxy) is 3. The van der Waals surface area contributed by atoms with E-state index in [-0.39, 0.29) is 30.1 Å². The number of hydrogen-bond acceptors (Lipinski definition) is 10. The van der Waals surface area contributed by atoms with Crippen molar-refractivity contribution in [3.8, 4) is 0 Å². The number of halogens is 2. The molecular formula is C38H40Cl2N2O9. The zero-order chi connectivity index (χ0) is 35.7.